The Morgan fingerprint density at radius 2 is 1.64 bits per heavy atom. The first-order valence-electron chi connectivity index (χ1n) is 7.04. The Balaban J connectivity index is 1.92. The fraction of sp³-hybridized carbons (Fsp3) is 0.176. The number of ether oxygens (including phenoxy) is 2. The summed E-state index contributed by atoms with van der Waals surface area (Å²) in [6.07, 6.45) is -0.943. The van der Waals surface area contributed by atoms with E-state index in [9.17, 15) is 9.59 Å². The van der Waals surface area contributed by atoms with Gasteiger partial charge in [-0.15, -0.1) is 0 Å². The molecule has 2 rings (SSSR count). The topological polar surface area (TPSA) is 52.6 Å². The van der Waals surface area contributed by atoms with Gasteiger partial charge in [0.2, 0.25) is 5.78 Å². The van der Waals surface area contributed by atoms with Crippen molar-refractivity contribution in [3.05, 3.63) is 61.5 Å². The molecule has 0 aliphatic heterocycles. The highest BCUT2D eigenvalue weighted by atomic mass is 79.9. The molecular formula is C17H12BrCl3O4. The van der Waals surface area contributed by atoms with Crippen molar-refractivity contribution in [3.8, 4) is 5.75 Å². The number of esters is 1. The van der Waals surface area contributed by atoms with Crippen LogP contribution < -0.4 is 4.74 Å². The SMILES string of the molecule is C[C@H](OC(=O)COc1cc(Cl)c(Cl)cc1Cl)C(=O)c1ccc(Br)cc1. The first-order valence-corrected chi connectivity index (χ1v) is 8.97. The lowest BCUT2D eigenvalue weighted by atomic mass is 10.1. The van der Waals surface area contributed by atoms with E-state index in [1.807, 2.05) is 0 Å². The van der Waals surface area contributed by atoms with Crippen molar-refractivity contribution in [2.24, 2.45) is 0 Å². The summed E-state index contributed by atoms with van der Waals surface area (Å²) >= 11 is 20.9. The monoisotopic (exact) mass is 464 g/mol. The Morgan fingerprint density at radius 1 is 1.04 bits per heavy atom. The van der Waals surface area contributed by atoms with Crippen molar-refractivity contribution in [2.45, 2.75) is 13.0 Å². The summed E-state index contributed by atoms with van der Waals surface area (Å²) in [5.74, 6) is -0.826. The van der Waals surface area contributed by atoms with Crippen molar-refractivity contribution in [1.29, 1.82) is 0 Å². The highest BCUT2D eigenvalue weighted by molar-refractivity contribution is 9.10. The summed E-state index contributed by atoms with van der Waals surface area (Å²) in [6, 6.07) is 9.56. The Morgan fingerprint density at radius 3 is 2.28 bits per heavy atom. The summed E-state index contributed by atoms with van der Waals surface area (Å²) in [6.45, 7) is 1.07. The third kappa shape index (κ3) is 5.61. The first-order chi connectivity index (χ1) is 11.8. The van der Waals surface area contributed by atoms with Crippen LogP contribution in [-0.4, -0.2) is 24.5 Å². The molecule has 0 fully saturated rings. The molecule has 0 N–H and O–H groups in total. The van der Waals surface area contributed by atoms with Gasteiger partial charge in [-0.2, -0.15) is 0 Å². The summed E-state index contributed by atoms with van der Waals surface area (Å²) in [4.78, 5) is 24.1. The molecule has 25 heavy (non-hydrogen) atoms. The molecule has 0 bridgehead atoms. The molecule has 2 aromatic rings. The lowest BCUT2D eigenvalue weighted by molar-refractivity contribution is -0.148. The highest BCUT2D eigenvalue weighted by Crippen LogP contribution is 2.33. The molecule has 2 aromatic carbocycles. The Hall–Kier alpha value is -1.27. The van der Waals surface area contributed by atoms with Crippen molar-refractivity contribution < 1.29 is 19.1 Å². The standard InChI is InChI=1S/C17H12BrCl3O4/c1-9(17(23)10-2-4-11(18)5-3-10)25-16(22)8-24-15-7-13(20)12(19)6-14(15)21/h2-7,9H,8H2,1H3/t9-/m0/s1. The van der Waals surface area contributed by atoms with Gasteiger partial charge in [0.1, 0.15) is 5.75 Å². The molecule has 8 heteroatoms. The lowest BCUT2D eigenvalue weighted by Crippen LogP contribution is -2.27. The molecule has 0 saturated carbocycles. The van der Waals surface area contributed by atoms with Gasteiger partial charge < -0.3 is 9.47 Å². The van der Waals surface area contributed by atoms with Crippen LogP contribution in [0.1, 0.15) is 17.3 Å². The van der Waals surface area contributed by atoms with Gasteiger partial charge in [-0.3, -0.25) is 4.79 Å². The van der Waals surface area contributed by atoms with E-state index in [1.54, 1.807) is 24.3 Å². The maximum atomic E-state index is 12.2. The second-order valence-corrected chi connectivity index (χ2v) is 7.13. The van der Waals surface area contributed by atoms with Gasteiger partial charge in [-0.05, 0) is 25.1 Å². The summed E-state index contributed by atoms with van der Waals surface area (Å²) in [7, 11) is 0. The average molecular weight is 467 g/mol. The number of Topliss-reactive ketones (excluding diaryl/α,β-unsaturated/α-hetero) is 1. The Bertz CT molecular complexity index is 793. The van der Waals surface area contributed by atoms with E-state index < -0.39 is 18.7 Å². The third-order valence-corrected chi connectivity index (χ3v) is 4.67. The number of hydrogen-bond acceptors (Lipinski definition) is 4. The average Bonchev–Trinajstić information content (AvgIpc) is 2.57. The van der Waals surface area contributed by atoms with Crippen LogP contribution in [0.15, 0.2) is 40.9 Å². The van der Waals surface area contributed by atoms with Gasteiger partial charge in [0, 0.05) is 16.1 Å². The number of ketones is 1. The molecule has 0 saturated heterocycles. The molecule has 0 amide bonds. The summed E-state index contributed by atoms with van der Waals surface area (Å²) < 4.78 is 11.2. The van der Waals surface area contributed by atoms with Crippen LogP contribution in [0.2, 0.25) is 15.1 Å². The molecular weight excluding hydrogens is 454 g/mol. The van der Waals surface area contributed by atoms with Crippen molar-refractivity contribution in [2.75, 3.05) is 6.61 Å². The van der Waals surface area contributed by atoms with Crippen LogP contribution in [0.3, 0.4) is 0 Å². The van der Waals surface area contributed by atoms with E-state index in [-0.39, 0.29) is 26.6 Å². The maximum absolute atomic E-state index is 12.2. The summed E-state index contributed by atoms with van der Waals surface area (Å²) in [5, 5.41) is 0.727. The largest absolute Gasteiger partial charge is 0.480 e. The molecule has 0 aliphatic rings. The Kier molecular flexibility index (Phi) is 7.14. The number of hydrogen-bond donors (Lipinski definition) is 0. The van der Waals surface area contributed by atoms with Gasteiger partial charge in [0.15, 0.2) is 12.7 Å². The molecule has 0 radical (unpaired) electrons. The van der Waals surface area contributed by atoms with Crippen LogP contribution in [0.25, 0.3) is 0 Å². The van der Waals surface area contributed by atoms with Crippen LogP contribution in [0, 0.1) is 0 Å². The normalized spacial score (nSPS) is 11.7. The molecule has 0 spiro atoms. The Labute approximate surface area is 168 Å². The van der Waals surface area contributed by atoms with Crippen LogP contribution in [0.4, 0.5) is 0 Å². The molecule has 0 heterocycles. The smallest absolute Gasteiger partial charge is 0.344 e. The number of benzene rings is 2. The minimum atomic E-state index is -0.943. The van der Waals surface area contributed by atoms with Gasteiger partial charge in [-0.1, -0.05) is 62.9 Å². The number of carbonyl (C=O) groups is 2. The van der Waals surface area contributed by atoms with Crippen LogP contribution in [-0.2, 0) is 9.53 Å². The molecule has 1 atom stereocenters. The minimum absolute atomic E-state index is 0.194. The van der Waals surface area contributed by atoms with Crippen molar-refractivity contribution in [3.63, 3.8) is 0 Å². The van der Waals surface area contributed by atoms with Crippen molar-refractivity contribution in [1.82, 2.24) is 0 Å². The zero-order chi connectivity index (χ0) is 18.6. The van der Waals surface area contributed by atoms with Gasteiger partial charge in [0.25, 0.3) is 0 Å². The van der Waals surface area contributed by atoms with E-state index in [4.69, 9.17) is 44.3 Å². The van der Waals surface area contributed by atoms with Gasteiger partial charge >= 0.3 is 5.97 Å². The summed E-state index contributed by atoms with van der Waals surface area (Å²) in [5.41, 5.74) is 0.442. The van der Waals surface area contributed by atoms with Crippen molar-refractivity contribution >= 4 is 62.5 Å². The van der Waals surface area contributed by atoms with E-state index in [0.717, 1.165) is 4.47 Å². The number of rotatable bonds is 6. The number of carbonyl (C=O) groups excluding carboxylic acids is 2. The zero-order valence-corrected chi connectivity index (χ0v) is 16.7. The van der Waals surface area contributed by atoms with Gasteiger partial charge in [-0.25, -0.2) is 4.79 Å². The van der Waals surface area contributed by atoms with E-state index in [2.05, 4.69) is 15.9 Å². The van der Waals surface area contributed by atoms with E-state index in [0.29, 0.717) is 5.56 Å². The van der Waals surface area contributed by atoms with Crippen LogP contribution >= 0.6 is 50.7 Å². The molecule has 0 aromatic heterocycles. The van der Waals surface area contributed by atoms with Gasteiger partial charge in [0.05, 0.1) is 15.1 Å². The van der Waals surface area contributed by atoms with E-state index >= 15 is 0 Å². The molecule has 132 valence electrons. The second kappa shape index (κ2) is 8.90. The maximum Gasteiger partial charge on any atom is 0.344 e. The lowest BCUT2D eigenvalue weighted by Gasteiger charge is -2.13. The van der Waals surface area contributed by atoms with Crippen LogP contribution in [0.5, 0.6) is 5.75 Å². The molecule has 4 nitrogen and oxygen atoms in total. The molecule has 0 unspecified atom stereocenters. The molecule has 0 aliphatic carbocycles. The fourth-order valence-electron chi connectivity index (χ4n) is 1.89. The first kappa shape index (κ1) is 20.0. The second-order valence-electron chi connectivity index (χ2n) is 4.99. The minimum Gasteiger partial charge on any atom is -0.480 e. The highest BCUT2D eigenvalue weighted by Gasteiger charge is 2.20. The predicted molar refractivity (Wildman–Crippen MR) is 101 cm³/mol. The number of halogens is 4. The fourth-order valence-corrected chi connectivity index (χ4v) is 2.74. The quantitative estimate of drug-likeness (QED) is 0.316. The zero-order valence-electron chi connectivity index (χ0n) is 12.9. The predicted octanol–water partition coefficient (Wildman–Crippen LogP) is 5.60. The third-order valence-electron chi connectivity index (χ3n) is 3.13. The van der Waals surface area contributed by atoms with E-state index in [1.165, 1.54) is 19.1 Å².